The first kappa shape index (κ1) is 20.3. The van der Waals surface area contributed by atoms with Gasteiger partial charge in [-0.2, -0.15) is 0 Å². The number of para-hydroxylation sites is 3. The molecular weight excluding hydrogens is 388 g/mol. The monoisotopic (exact) mass is 412 g/mol. The van der Waals surface area contributed by atoms with Crippen molar-refractivity contribution in [3.8, 4) is 5.69 Å². The van der Waals surface area contributed by atoms with E-state index in [0.29, 0.717) is 5.56 Å². The molecule has 0 saturated heterocycles. The van der Waals surface area contributed by atoms with Crippen molar-refractivity contribution >= 4 is 28.5 Å². The third-order valence-corrected chi connectivity index (χ3v) is 5.32. The van der Waals surface area contributed by atoms with Gasteiger partial charge in [-0.15, -0.1) is 0 Å². The van der Waals surface area contributed by atoms with Gasteiger partial charge >= 0.3 is 0 Å². The van der Waals surface area contributed by atoms with Crippen LogP contribution in [0.2, 0.25) is 0 Å². The molecule has 0 aliphatic carbocycles. The minimum atomic E-state index is -0.227. The summed E-state index contributed by atoms with van der Waals surface area (Å²) in [4.78, 5) is 31.1. The van der Waals surface area contributed by atoms with Crippen LogP contribution in [0.3, 0.4) is 0 Å². The lowest BCUT2D eigenvalue weighted by Crippen LogP contribution is -2.35. The molecule has 0 aliphatic heterocycles. The second-order valence-corrected chi connectivity index (χ2v) is 7.63. The Kier molecular flexibility index (Phi) is 5.54. The number of rotatable bonds is 5. The van der Waals surface area contributed by atoms with Gasteiger partial charge in [-0.05, 0) is 61.4 Å². The van der Waals surface area contributed by atoms with Crippen LogP contribution in [0.15, 0.2) is 73.1 Å². The number of likely N-dealkylation sites (N-methyl/N-ethyl adjacent to an activating group) is 1. The summed E-state index contributed by atoms with van der Waals surface area (Å²) >= 11 is 0. The van der Waals surface area contributed by atoms with E-state index in [0.717, 1.165) is 33.5 Å². The average molecular weight is 412 g/mol. The van der Waals surface area contributed by atoms with Gasteiger partial charge in [-0.3, -0.25) is 14.2 Å². The van der Waals surface area contributed by atoms with Crippen LogP contribution >= 0.6 is 0 Å². The minimum absolute atomic E-state index is 0.0273. The first-order valence-electron chi connectivity index (χ1n) is 10.1. The zero-order valence-corrected chi connectivity index (χ0v) is 17.8. The van der Waals surface area contributed by atoms with Gasteiger partial charge in [-0.25, -0.2) is 4.98 Å². The average Bonchev–Trinajstić information content (AvgIpc) is 3.20. The number of hydrogen-bond donors (Lipinski definition) is 1. The molecule has 0 unspecified atom stereocenters. The van der Waals surface area contributed by atoms with Crippen LogP contribution in [0, 0.1) is 13.8 Å². The molecule has 0 saturated carbocycles. The molecule has 3 aromatic carbocycles. The Labute approximate surface area is 181 Å². The molecule has 31 heavy (non-hydrogen) atoms. The van der Waals surface area contributed by atoms with Crippen molar-refractivity contribution in [2.45, 2.75) is 13.8 Å². The largest absolute Gasteiger partial charge is 0.332 e. The normalized spacial score (nSPS) is 10.8. The molecule has 4 rings (SSSR count). The number of amides is 2. The molecule has 0 fully saturated rings. The number of anilines is 1. The van der Waals surface area contributed by atoms with Gasteiger partial charge < -0.3 is 10.2 Å². The summed E-state index contributed by atoms with van der Waals surface area (Å²) in [7, 11) is 1.63. The summed E-state index contributed by atoms with van der Waals surface area (Å²) in [5.41, 5.74) is 6.13. The highest BCUT2D eigenvalue weighted by Crippen LogP contribution is 2.20. The van der Waals surface area contributed by atoms with Gasteiger partial charge in [-0.1, -0.05) is 30.3 Å². The molecule has 6 heteroatoms. The Morgan fingerprint density at radius 2 is 1.61 bits per heavy atom. The number of benzene rings is 3. The Balaban J connectivity index is 1.45. The van der Waals surface area contributed by atoms with Crippen molar-refractivity contribution in [2.24, 2.45) is 0 Å². The second kappa shape index (κ2) is 8.44. The summed E-state index contributed by atoms with van der Waals surface area (Å²) in [5, 5.41) is 2.92. The fourth-order valence-corrected chi connectivity index (χ4v) is 3.63. The predicted octanol–water partition coefficient (Wildman–Crippen LogP) is 4.35. The summed E-state index contributed by atoms with van der Waals surface area (Å²) in [6.07, 6.45) is 1.77. The number of nitrogens with zero attached hydrogens (tertiary/aromatic N) is 3. The lowest BCUT2D eigenvalue weighted by Gasteiger charge is -2.18. The van der Waals surface area contributed by atoms with Crippen molar-refractivity contribution in [2.75, 3.05) is 18.9 Å². The molecule has 0 radical (unpaired) electrons. The Morgan fingerprint density at radius 3 is 2.32 bits per heavy atom. The molecule has 6 nitrogen and oxygen atoms in total. The number of fused-ring (bicyclic) bond motifs is 1. The fourth-order valence-electron chi connectivity index (χ4n) is 3.63. The van der Waals surface area contributed by atoms with E-state index < -0.39 is 0 Å². The van der Waals surface area contributed by atoms with Crippen molar-refractivity contribution in [3.63, 3.8) is 0 Å². The maximum atomic E-state index is 12.8. The van der Waals surface area contributed by atoms with Gasteiger partial charge in [0, 0.05) is 24.0 Å². The highest BCUT2D eigenvalue weighted by atomic mass is 16.2. The highest BCUT2D eigenvalue weighted by Gasteiger charge is 2.16. The van der Waals surface area contributed by atoms with Gasteiger partial charge in [0.15, 0.2) is 0 Å². The molecule has 1 aromatic heterocycles. The van der Waals surface area contributed by atoms with Crippen LogP contribution in [0.25, 0.3) is 16.7 Å². The van der Waals surface area contributed by atoms with E-state index in [4.69, 9.17) is 0 Å². The van der Waals surface area contributed by atoms with Crippen LogP contribution in [0.1, 0.15) is 21.5 Å². The van der Waals surface area contributed by atoms with Crippen molar-refractivity contribution < 1.29 is 9.59 Å². The Morgan fingerprint density at radius 1 is 0.935 bits per heavy atom. The van der Waals surface area contributed by atoms with Crippen LogP contribution in [-0.2, 0) is 4.79 Å². The Bertz CT molecular complexity index is 1240. The Hall–Kier alpha value is -3.93. The lowest BCUT2D eigenvalue weighted by atomic mass is 10.1. The van der Waals surface area contributed by atoms with Crippen LogP contribution < -0.4 is 5.32 Å². The molecule has 1 N–H and O–H groups in total. The molecule has 1 heterocycles. The van der Waals surface area contributed by atoms with E-state index >= 15 is 0 Å². The van der Waals surface area contributed by atoms with E-state index in [-0.39, 0.29) is 18.4 Å². The molecule has 0 atom stereocenters. The molecule has 2 amide bonds. The number of hydrogen-bond acceptors (Lipinski definition) is 3. The van der Waals surface area contributed by atoms with E-state index in [1.54, 1.807) is 25.5 Å². The zero-order chi connectivity index (χ0) is 22.0. The van der Waals surface area contributed by atoms with Crippen molar-refractivity contribution in [3.05, 3.63) is 89.7 Å². The van der Waals surface area contributed by atoms with E-state index in [9.17, 15) is 9.59 Å². The smallest absolute Gasteiger partial charge is 0.254 e. The van der Waals surface area contributed by atoms with E-state index in [1.165, 1.54) is 4.90 Å². The molecule has 156 valence electrons. The van der Waals surface area contributed by atoms with Crippen molar-refractivity contribution in [1.29, 1.82) is 0 Å². The van der Waals surface area contributed by atoms with E-state index in [2.05, 4.69) is 10.3 Å². The SMILES string of the molecule is Cc1cccc(C)c1NC(=O)CN(C)C(=O)c1ccc(-n2cnc3ccccc32)cc1. The number of carbonyl (C=O) groups excluding carboxylic acids is 2. The van der Waals surface area contributed by atoms with Gasteiger partial charge in [0.25, 0.3) is 5.91 Å². The quantitative estimate of drug-likeness (QED) is 0.530. The summed E-state index contributed by atoms with van der Waals surface area (Å²) in [6.45, 7) is 3.87. The molecule has 4 aromatic rings. The number of carbonyl (C=O) groups is 2. The number of aromatic nitrogens is 2. The van der Waals surface area contributed by atoms with E-state index in [1.807, 2.05) is 73.0 Å². The van der Waals surface area contributed by atoms with Gasteiger partial charge in [0.2, 0.25) is 5.91 Å². The zero-order valence-electron chi connectivity index (χ0n) is 17.8. The lowest BCUT2D eigenvalue weighted by molar-refractivity contribution is -0.116. The molecule has 0 aliphatic rings. The van der Waals surface area contributed by atoms with Gasteiger partial charge in [0.05, 0.1) is 17.6 Å². The number of imidazole rings is 1. The van der Waals surface area contributed by atoms with Crippen LogP contribution in [0.4, 0.5) is 5.69 Å². The van der Waals surface area contributed by atoms with Gasteiger partial charge in [0.1, 0.15) is 6.33 Å². The predicted molar refractivity (Wildman–Crippen MR) is 123 cm³/mol. The first-order valence-corrected chi connectivity index (χ1v) is 10.1. The topological polar surface area (TPSA) is 67.2 Å². The van der Waals surface area contributed by atoms with Crippen LogP contribution in [0.5, 0.6) is 0 Å². The number of nitrogens with one attached hydrogen (secondary N) is 1. The van der Waals surface area contributed by atoms with Crippen LogP contribution in [-0.4, -0.2) is 39.9 Å². The number of aryl methyl sites for hydroxylation is 2. The molecule has 0 bridgehead atoms. The molecule has 0 spiro atoms. The minimum Gasteiger partial charge on any atom is -0.332 e. The fraction of sp³-hybridized carbons (Fsp3) is 0.160. The second-order valence-electron chi connectivity index (χ2n) is 7.63. The third kappa shape index (κ3) is 4.19. The maximum absolute atomic E-state index is 12.8. The first-order chi connectivity index (χ1) is 14.9. The molecular formula is C25H24N4O2. The maximum Gasteiger partial charge on any atom is 0.254 e. The third-order valence-electron chi connectivity index (χ3n) is 5.32. The highest BCUT2D eigenvalue weighted by molar-refractivity contribution is 5.99. The summed E-state index contributed by atoms with van der Waals surface area (Å²) < 4.78 is 1.98. The summed E-state index contributed by atoms with van der Waals surface area (Å²) in [6, 6.07) is 21.0. The summed E-state index contributed by atoms with van der Waals surface area (Å²) in [5.74, 6) is -0.437. The standard InChI is InChI=1S/C25H24N4O2/c1-17-7-6-8-18(2)24(17)27-23(30)15-28(3)25(31)19-11-13-20(14-12-19)29-16-26-21-9-4-5-10-22(21)29/h4-14,16H,15H2,1-3H3,(H,27,30). The van der Waals surface area contributed by atoms with Crippen molar-refractivity contribution in [1.82, 2.24) is 14.5 Å².